The Morgan fingerprint density at radius 2 is 2.00 bits per heavy atom. The number of hydrogen-bond donors (Lipinski definition) is 1. The SMILES string of the molecule is CCCC(C)(N)C(=O)N1CCN(c2cnn(C)c2)CC1.Cl. The number of piperazine rings is 1. The quantitative estimate of drug-likeness (QED) is 0.900. The Morgan fingerprint density at radius 3 is 2.48 bits per heavy atom. The molecule has 1 aromatic rings. The summed E-state index contributed by atoms with van der Waals surface area (Å²) < 4.78 is 1.80. The molecule has 0 radical (unpaired) electrons. The molecule has 1 saturated heterocycles. The Kier molecular flexibility index (Phi) is 6.04. The van der Waals surface area contributed by atoms with E-state index in [4.69, 9.17) is 5.73 Å². The van der Waals surface area contributed by atoms with E-state index < -0.39 is 5.54 Å². The van der Waals surface area contributed by atoms with Crippen LogP contribution in [0.2, 0.25) is 0 Å². The van der Waals surface area contributed by atoms with Crippen molar-refractivity contribution >= 4 is 24.0 Å². The molecule has 1 amide bonds. The third-order valence-electron chi connectivity index (χ3n) is 3.88. The van der Waals surface area contributed by atoms with E-state index in [1.165, 1.54) is 0 Å². The fourth-order valence-electron chi connectivity index (χ4n) is 2.73. The number of nitrogens with zero attached hydrogens (tertiary/aromatic N) is 4. The largest absolute Gasteiger partial charge is 0.365 e. The van der Waals surface area contributed by atoms with Crippen LogP contribution in [0.15, 0.2) is 12.4 Å². The number of aromatic nitrogens is 2. The zero-order valence-corrected chi connectivity index (χ0v) is 13.9. The average molecular weight is 316 g/mol. The molecular formula is C14H26ClN5O. The molecule has 1 aliphatic rings. The van der Waals surface area contributed by atoms with Crippen LogP contribution in [-0.2, 0) is 11.8 Å². The Labute approximate surface area is 132 Å². The number of nitrogens with two attached hydrogens (primary N) is 1. The van der Waals surface area contributed by atoms with Crippen molar-refractivity contribution in [3.8, 4) is 0 Å². The summed E-state index contributed by atoms with van der Waals surface area (Å²) in [6, 6.07) is 0. The predicted molar refractivity (Wildman–Crippen MR) is 86.7 cm³/mol. The van der Waals surface area contributed by atoms with Gasteiger partial charge in [0.15, 0.2) is 0 Å². The van der Waals surface area contributed by atoms with Gasteiger partial charge >= 0.3 is 0 Å². The number of rotatable bonds is 4. The number of aryl methyl sites for hydroxylation is 1. The molecule has 0 aromatic carbocycles. The minimum Gasteiger partial charge on any atom is -0.365 e. The first-order valence-corrected chi connectivity index (χ1v) is 7.26. The maximum Gasteiger partial charge on any atom is 0.242 e. The molecule has 1 aliphatic heterocycles. The summed E-state index contributed by atoms with van der Waals surface area (Å²) in [6.07, 6.45) is 5.52. The molecule has 1 aromatic heterocycles. The second-order valence-electron chi connectivity index (χ2n) is 5.82. The average Bonchev–Trinajstić information content (AvgIpc) is 2.85. The fourth-order valence-corrected chi connectivity index (χ4v) is 2.73. The highest BCUT2D eigenvalue weighted by Gasteiger charge is 2.33. The maximum absolute atomic E-state index is 12.4. The third-order valence-corrected chi connectivity index (χ3v) is 3.88. The lowest BCUT2D eigenvalue weighted by molar-refractivity contribution is -0.137. The van der Waals surface area contributed by atoms with Crippen LogP contribution in [0.4, 0.5) is 5.69 Å². The monoisotopic (exact) mass is 315 g/mol. The maximum atomic E-state index is 12.4. The Bertz CT molecular complexity index is 466. The van der Waals surface area contributed by atoms with Gasteiger partial charge in [0.25, 0.3) is 0 Å². The molecule has 1 atom stereocenters. The molecule has 1 unspecified atom stereocenters. The lowest BCUT2D eigenvalue weighted by Gasteiger charge is -2.38. The van der Waals surface area contributed by atoms with Crippen molar-refractivity contribution in [3.05, 3.63) is 12.4 Å². The molecule has 21 heavy (non-hydrogen) atoms. The van der Waals surface area contributed by atoms with Gasteiger partial charge in [0.2, 0.25) is 5.91 Å². The minimum absolute atomic E-state index is 0. The smallest absolute Gasteiger partial charge is 0.242 e. The molecular weight excluding hydrogens is 290 g/mol. The van der Waals surface area contributed by atoms with Crippen LogP contribution in [-0.4, -0.2) is 52.3 Å². The summed E-state index contributed by atoms with van der Waals surface area (Å²) in [5.74, 6) is 0.0742. The van der Waals surface area contributed by atoms with Crippen LogP contribution < -0.4 is 10.6 Å². The molecule has 0 spiro atoms. The topological polar surface area (TPSA) is 67.4 Å². The van der Waals surface area contributed by atoms with Crippen LogP contribution in [0.3, 0.4) is 0 Å². The van der Waals surface area contributed by atoms with E-state index in [2.05, 4.69) is 16.9 Å². The van der Waals surface area contributed by atoms with Crippen molar-refractivity contribution in [3.63, 3.8) is 0 Å². The third kappa shape index (κ3) is 4.11. The highest BCUT2D eigenvalue weighted by atomic mass is 35.5. The molecule has 6 nitrogen and oxygen atoms in total. The molecule has 7 heteroatoms. The van der Waals surface area contributed by atoms with Crippen molar-refractivity contribution < 1.29 is 4.79 Å². The first-order chi connectivity index (χ1) is 9.44. The molecule has 2 heterocycles. The van der Waals surface area contributed by atoms with Gasteiger partial charge in [0, 0.05) is 39.4 Å². The van der Waals surface area contributed by atoms with Gasteiger partial charge in [-0.05, 0) is 13.3 Å². The fraction of sp³-hybridized carbons (Fsp3) is 0.714. The van der Waals surface area contributed by atoms with Gasteiger partial charge in [-0.1, -0.05) is 13.3 Å². The summed E-state index contributed by atoms with van der Waals surface area (Å²) >= 11 is 0. The van der Waals surface area contributed by atoms with E-state index in [1.807, 2.05) is 31.3 Å². The summed E-state index contributed by atoms with van der Waals surface area (Å²) in [7, 11) is 1.91. The number of amides is 1. The standard InChI is InChI=1S/C14H25N5O.ClH/c1-4-5-14(2,15)13(20)19-8-6-18(7-9-19)12-10-16-17(3)11-12;/h10-11H,4-9,15H2,1-3H3;1H. The van der Waals surface area contributed by atoms with Gasteiger partial charge in [-0.3, -0.25) is 9.48 Å². The van der Waals surface area contributed by atoms with Gasteiger partial charge in [-0.15, -0.1) is 12.4 Å². The molecule has 2 rings (SSSR count). The number of carbonyl (C=O) groups is 1. The zero-order chi connectivity index (χ0) is 14.8. The van der Waals surface area contributed by atoms with E-state index >= 15 is 0 Å². The first-order valence-electron chi connectivity index (χ1n) is 7.26. The van der Waals surface area contributed by atoms with E-state index in [0.29, 0.717) is 0 Å². The van der Waals surface area contributed by atoms with Crippen LogP contribution in [0.1, 0.15) is 26.7 Å². The Balaban J connectivity index is 0.00000220. The molecule has 1 fully saturated rings. The zero-order valence-electron chi connectivity index (χ0n) is 13.1. The van der Waals surface area contributed by atoms with Crippen molar-refractivity contribution in [2.24, 2.45) is 12.8 Å². The molecule has 0 bridgehead atoms. The minimum atomic E-state index is -0.731. The number of carbonyl (C=O) groups excluding carboxylic acids is 1. The summed E-state index contributed by atoms with van der Waals surface area (Å²) in [4.78, 5) is 16.6. The second-order valence-corrected chi connectivity index (χ2v) is 5.82. The first kappa shape index (κ1) is 17.8. The van der Waals surface area contributed by atoms with Crippen molar-refractivity contribution in [2.45, 2.75) is 32.2 Å². The second kappa shape index (κ2) is 7.13. The van der Waals surface area contributed by atoms with Crippen molar-refractivity contribution in [1.82, 2.24) is 14.7 Å². The number of halogens is 1. The van der Waals surface area contributed by atoms with Gasteiger partial charge in [0.1, 0.15) is 0 Å². The van der Waals surface area contributed by atoms with E-state index in [0.717, 1.165) is 44.7 Å². The highest BCUT2D eigenvalue weighted by Crippen LogP contribution is 2.18. The van der Waals surface area contributed by atoms with Gasteiger partial charge in [-0.25, -0.2) is 0 Å². The lowest BCUT2D eigenvalue weighted by atomic mass is 9.95. The Morgan fingerprint density at radius 1 is 1.38 bits per heavy atom. The summed E-state index contributed by atoms with van der Waals surface area (Å²) in [5, 5.41) is 4.18. The molecule has 2 N–H and O–H groups in total. The van der Waals surface area contributed by atoms with Gasteiger partial charge in [0.05, 0.1) is 17.4 Å². The van der Waals surface area contributed by atoms with E-state index in [-0.39, 0.29) is 18.3 Å². The van der Waals surface area contributed by atoms with Crippen molar-refractivity contribution in [2.75, 3.05) is 31.1 Å². The van der Waals surface area contributed by atoms with Crippen LogP contribution in [0, 0.1) is 0 Å². The summed E-state index contributed by atoms with van der Waals surface area (Å²) in [5.41, 5.74) is 6.52. The predicted octanol–water partition coefficient (Wildman–Crippen LogP) is 1.01. The number of anilines is 1. The van der Waals surface area contributed by atoms with E-state index in [1.54, 1.807) is 4.68 Å². The van der Waals surface area contributed by atoms with E-state index in [9.17, 15) is 4.79 Å². The highest BCUT2D eigenvalue weighted by molar-refractivity contribution is 5.86. The Hall–Kier alpha value is -1.27. The molecule has 0 aliphatic carbocycles. The lowest BCUT2D eigenvalue weighted by Crippen LogP contribution is -2.58. The van der Waals surface area contributed by atoms with Crippen LogP contribution in [0.5, 0.6) is 0 Å². The van der Waals surface area contributed by atoms with Crippen LogP contribution in [0.25, 0.3) is 0 Å². The summed E-state index contributed by atoms with van der Waals surface area (Å²) in [6.45, 7) is 7.01. The van der Waals surface area contributed by atoms with Gasteiger partial charge < -0.3 is 15.5 Å². The molecule has 0 saturated carbocycles. The normalized spacial score (nSPS) is 18.1. The van der Waals surface area contributed by atoms with Gasteiger partial charge in [-0.2, -0.15) is 5.10 Å². The number of hydrogen-bond acceptors (Lipinski definition) is 4. The van der Waals surface area contributed by atoms with Crippen molar-refractivity contribution in [1.29, 1.82) is 0 Å². The molecule has 120 valence electrons. The van der Waals surface area contributed by atoms with Crippen LogP contribution >= 0.6 is 12.4 Å².